The number of benzene rings is 1. The highest BCUT2D eigenvalue weighted by Gasteiger charge is 1.95. The lowest BCUT2D eigenvalue weighted by atomic mass is 10.2. The van der Waals surface area contributed by atoms with Gasteiger partial charge in [-0.3, -0.25) is 4.99 Å². The lowest BCUT2D eigenvalue weighted by Gasteiger charge is -2.16. The van der Waals surface area contributed by atoms with E-state index < -0.39 is 0 Å². The number of nitrogens with zero attached hydrogens (tertiary/aromatic N) is 2. The summed E-state index contributed by atoms with van der Waals surface area (Å²) in [6.07, 6.45) is 13.7. The molecule has 0 aliphatic carbocycles. The molecule has 0 spiro atoms. The van der Waals surface area contributed by atoms with Crippen LogP contribution in [0.15, 0.2) is 59.6 Å². The Morgan fingerprint density at radius 1 is 1.00 bits per heavy atom. The molecule has 0 unspecified atom stereocenters. The lowest BCUT2D eigenvalue weighted by Crippen LogP contribution is -2.15. The third-order valence-electron chi connectivity index (χ3n) is 2.78. The molecule has 0 radical (unpaired) electrons. The summed E-state index contributed by atoms with van der Waals surface area (Å²) < 4.78 is 0. The molecule has 0 saturated carbocycles. The molecular formula is C17H22N2. The summed E-state index contributed by atoms with van der Waals surface area (Å²) in [5.74, 6) is 0. The topological polar surface area (TPSA) is 15.6 Å². The molecule has 2 heteroatoms. The zero-order valence-corrected chi connectivity index (χ0v) is 12.0. The minimum Gasteiger partial charge on any atom is -0.375 e. The molecule has 19 heavy (non-hydrogen) atoms. The Balaban J connectivity index is 2.53. The lowest BCUT2D eigenvalue weighted by molar-refractivity contribution is 0.968. The monoisotopic (exact) mass is 254 g/mol. The molecule has 0 fully saturated rings. The van der Waals surface area contributed by atoms with Gasteiger partial charge >= 0.3 is 0 Å². The smallest absolute Gasteiger partial charge is 0.0363 e. The summed E-state index contributed by atoms with van der Waals surface area (Å²) in [6, 6.07) is 8.55. The Morgan fingerprint density at radius 2 is 1.63 bits per heavy atom. The molecule has 0 aromatic heterocycles. The van der Waals surface area contributed by atoms with Crippen molar-refractivity contribution in [1.82, 2.24) is 0 Å². The molecule has 0 N–H and O–H groups in total. The number of allylic oxidation sites excluding steroid dienone is 5. The quantitative estimate of drug-likeness (QED) is 0.554. The zero-order valence-electron chi connectivity index (χ0n) is 12.0. The molecule has 0 bridgehead atoms. The van der Waals surface area contributed by atoms with E-state index in [0.717, 1.165) is 6.54 Å². The molecule has 100 valence electrons. The number of aliphatic imine (C=N–C) groups is 1. The van der Waals surface area contributed by atoms with E-state index in [1.54, 1.807) is 13.3 Å². The van der Waals surface area contributed by atoms with Crippen LogP contribution in [0.4, 0.5) is 5.69 Å². The average molecular weight is 254 g/mol. The number of hydrogen-bond donors (Lipinski definition) is 0. The molecule has 0 aliphatic heterocycles. The highest BCUT2D eigenvalue weighted by atomic mass is 15.1. The van der Waals surface area contributed by atoms with Crippen LogP contribution in [0.25, 0.3) is 6.08 Å². The molecule has 2 nitrogen and oxygen atoms in total. The molecule has 0 aliphatic rings. The van der Waals surface area contributed by atoms with Crippen LogP contribution in [0.1, 0.15) is 12.5 Å². The van der Waals surface area contributed by atoms with Gasteiger partial charge in [-0.25, -0.2) is 0 Å². The van der Waals surface area contributed by atoms with Gasteiger partial charge in [-0.1, -0.05) is 42.5 Å². The largest absolute Gasteiger partial charge is 0.375 e. The maximum atomic E-state index is 3.86. The van der Waals surface area contributed by atoms with E-state index in [1.807, 2.05) is 30.4 Å². The third-order valence-corrected chi connectivity index (χ3v) is 2.78. The summed E-state index contributed by atoms with van der Waals surface area (Å²) in [7, 11) is 3.85. The first kappa shape index (κ1) is 15.0. The van der Waals surface area contributed by atoms with Gasteiger partial charge in [-0.15, -0.1) is 0 Å². The fourth-order valence-electron chi connectivity index (χ4n) is 1.52. The Bertz CT molecular complexity index is 465. The average Bonchev–Trinajstić information content (AvgIpc) is 2.46. The fourth-order valence-corrected chi connectivity index (χ4v) is 1.52. The number of hydrogen-bond acceptors (Lipinski definition) is 2. The summed E-state index contributed by atoms with van der Waals surface area (Å²) in [6.45, 7) is 3.17. The third kappa shape index (κ3) is 5.87. The Kier molecular flexibility index (Phi) is 7.03. The predicted octanol–water partition coefficient (Wildman–Crippen LogP) is 3.97. The van der Waals surface area contributed by atoms with Crippen LogP contribution >= 0.6 is 0 Å². The summed E-state index contributed by atoms with van der Waals surface area (Å²) >= 11 is 0. The van der Waals surface area contributed by atoms with Crippen molar-refractivity contribution in [1.29, 1.82) is 0 Å². The number of anilines is 1. The first-order valence-electron chi connectivity index (χ1n) is 6.51. The fraction of sp³-hybridized carbons (Fsp3) is 0.235. The van der Waals surface area contributed by atoms with Gasteiger partial charge in [-0.2, -0.15) is 0 Å². The second-order valence-electron chi connectivity index (χ2n) is 4.14. The van der Waals surface area contributed by atoms with E-state index in [1.165, 1.54) is 11.3 Å². The summed E-state index contributed by atoms with van der Waals surface area (Å²) in [5, 5.41) is 0. The highest BCUT2D eigenvalue weighted by molar-refractivity contribution is 5.71. The van der Waals surface area contributed by atoms with Crippen LogP contribution in [0.3, 0.4) is 0 Å². The van der Waals surface area contributed by atoms with E-state index in [9.17, 15) is 0 Å². The van der Waals surface area contributed by atoms with Crippen LogP contribution in [0.5, 0.6) is 0 Å². The minimum absolute atomic E-state index is 1.02. The SMILES string of the molecule is CCN(C)c1ccc(/C=C/C=C/C=C\C=NC)cc1. The first-order valence-corrected chi connectivity index (χ1v) is 6.51. The summed E-state index contributed by atoms with van der Waals surface area (Å²) in [4.78, 5) is 6.08. The van der Waals surface area contributed by atoms with E-state index in [2.05, 4.69) is 54.2 Å². The maximum absolute atomic E-state index is 3.86. The van der Waals surface area contributed by atoms with E-state index >= 15 is 0 Å². The molecule has 1 aromatic rings. The predicted molar refractivity (Wildman–Crippen MR) is 87.1 cm³/mol. The van der Waals surface area contributed by atoms with Crippen LogP contribution in [0.2, 0.25) is 0 Å². The number of rotatable bonds is 6. The standard InChI is InChI=1S/C17H22N2/c1-4-19(3)17-13-11-16(12-14-17)10-8-6-5-7-9-15-18-2/h5-15H,4H2,1-3H3/b6-5+,9-7-,10-8+,18-15?. The van der Waals surface area contributed by atoms with E-state index in [-0.39, 0.29) is 0 Å². The van der Waals surface area contributed by atoms with Crippen molar-refractivity contribution in [2.75, 3.05) is 25.5 Å². The van der Waals surface area contributed by atoms with Crippen molar-refractivity contribution in [3.63, 3.8) is 0 Å². The Morgan fingerprint density at radius 3 is 2.26 bits per heavy atom. The van der Waals surface area contributed by atoms with Gasteiger partial charge in [0.05, 0.1) is 0 Å². The summed E-state index contributed by atoms with van der Waals surface area (Å²) in [5.41, 5.74) is 2.45. The van der Waals surface area contributed by atoms with Crippen molar-refractivity contribution in [2.24, 2.45) is 4.99 Å². The van der Waals surface area contributed by atoms with Crippen LogP contribution in [0, 0.1) is 0 Å². The van der Waals surface area contributed by atoms with Gasteiger partial charge in [0, 0.05) is 32.5 Å². The van der Waals surface area contributed by atoms with Gasteiger partial charge in [0.25, 0.3) is 0 Å². The van der Waals surface area contributed by atoms with Crippen molar-refractivity contribution in [3.8, 4) is 0 Å². The van der Waals surface area contributed by atoms with Crippen LogP contribution < -0.4 is 4.90 Å². The van der Waals surface area contributed by atoms with Crippen LogP contribution in [-0.2, 0) is 0 Å². The maximum Gasteiger partial charge on any atom is 0.0363 e. The normalized spacial score (nSPS) is 12.4. The van der Waals surface area contributed by atoms with Crippen LogP contribution in [-0.4, -0.2) is 26.9 Å². The van der Waals surface area contributed by atoms with Crippen molar-refractivity contribution in [3.05, 3.63) is 60.2 Å². The Hall–Kier alpha value is -2.09. The van der Waals surface area contributed by atoms with Gasteiger partial charge < -0.3 is 4.90 Å². The van der Waals surface area contributed by atoms with E-state index in [4.69, 9.17) is 0 Å². The van der Waals surface area contributed by atoms with E-state index in [0.29, 0.717) is 0 Å². The molecular weight excluding hydrogens is 232 g/mol. The second kappa shape index (κ2) is 8.92. The van der Waals surface area contributed by atoms with Gasteiger partial charge in [0.15, 0.2) is 0 Å². The molecule has 0 saturated heterocycles. The van der Waals surface area contributed by atoms with Gasteiger partial charge in [-0.05, 0) is 30.7 Å². The first-order chi connectivity index (χ1) is 9.27. The molecule has 0 amide bonds. The molecule has 1 aromatic carbocycles. The van der Waals surface area contributed by atoms with Crippen molar-refractivity contribution >= 4 is 18.0 Å². The highest BCUT2D eigenvalue weighted by Crippen LogP contribution is 2.14. The minimum atomic E-state index is 1.02. The zero-order chi connectivity index (χ0) is 13.9. The Labute approximate surface area is 116 Å². The molecule has 1 rings (SSSR count). The second-order valence-corrected chi connectivity index (χ2v) is 4.14. The van der Waals surface area contributed by atoms with Crippen molar-refractivity contribution in [2.45, 2.75) is 6.92 Å². The van der Waals surface area contributed by atoms with Gasteiger partial charge in [0.1, 0.15) is 0 Å². The van der Waals surface area contributed by atoms with Crippen molar-refractivity contribution < 1.29 is 0 Å². The van der Waals surface area contributed by atoms with Gasteiger partial charge in [0.2, 0.25) is 0 Å². The molecule has 0 atom stereocenters. The molecule has 0 heterocycles.